The molecule has 1 unspecified atom stereocenters. The van der Waals surface area contributed by atoms with Crippen molar-refractivity contribution in [1.82, 2.24) is 0 Å². The number of rotatable bonds is 4. The molecule has 0 aromatic heterocycles. The summed E-state index contributed by atoms with van der Waals surface area (Å²) in [7, 11) is 0. The van der Waals surface area contributed by atoms with Gasteiger partial charge in [0.05, 0.1) is 5.25 Å². The highest BCUT2D eigenvalue weighted by atomic mass is 32.2. The highest BCUT2D eigenvalue weighted by Gasteiger charge is 2.16. The lowest BCUT2D eigenvalue weighted by Crippen LogP contribution is -2.18. The molecule has 0 spiro atoms. The van der Waals surface area contributed by atoms with Crippen molar-refractivity contribution in [2.24, 2.45) is 5.92 Å². The molecule has 0 bridgehead atoms. The Kier molecular flexibility index (Phi) is 5.24. The number of hydrogen-bond acceptors (Lipinski definition) is 1. The van der Waals surface area contributed by atoms with Crippen LogP contribution in [0.15, 0.2) is 12.2 Å². The first-order valence-electron chi connectivity index (χ1n) is 3.56. The van der Waals surface area contributed by atoms with Gasteiger partial charge in [-0.1, -0.05) is 6.92 Å². The molecule has 0 aliphatic rings. The van der Waals surface area contributed by atoms with Crippen LogP contribution in [-0.4, -0.2) is 14.0 Å². The zero-order valence-electron chi connectivity index (χ0n) is 6.96. The van der Waals surface area contributed by atoms with Gasteiger partial charge in [0, 0.05) is 0 Å². The smallest absolute Gasteiger partial charge is 0.266 e. The standard InChI is InChI=1S/C7H12F2O2S/c1-5(3-4-7(8)9)6(2)12(10)11/h4-6H,3H2,1-2H3,(H,10,11)/t5-,6+/m0/s1. The first kappa shape index (κ1) is 11.7. The maximum Gasteiger partial charge on any atom is 0.266 e. The quantitative estimate of drug-likeness (QED) is 0.704. The van der Waals surface area contributed by atoms with Crippen LogP contribution in [0.5, 0.6) is 0 Å². The van der Waals surface area contributed by atoms with Crippen LogP contribution in [0.1, 0.15) is 20.3 Å². The molecule has 0 saturated heterocycles. The second-order valence-corrected chi connectivity index (χ2v) is 3.98. The molecule has 3 atom stereocenters. The second-order valence-electron chi connectivity index (χ2n) is 2.69. The van der Waals surface area contributed by atoms with Crippen LogP contribution in [0.25, 0.3) is 0 Å². The van der Waals surface area contributed by atoms with Gasteiger partial charge in [-0.25, -0.2) is 4.21 Å². The molecule has 0 saturated carbocycles. The molecular weight excluding hydrogens is 186 g/mol. The van der Waals surface area contributed by atoms with Gasteiger partial charge in [-0.15, -0.1) is 0 Å². The first-order chi connectivity index (χ1) is 5.45. The van der Waals surface area contributed by atoms with E-state index in [1.165, 1.54) is 0 Å². The van der Waals surface area contributed by atoms with Crippen LogP contribution in [0.3, 0.4) is 0 Å². The van der Waals surface area contributed by atoms with Crippen molar-refractivity contribution < 1.29 is 17.5 Å². The molecule has 0 amide bonds. The topological polar surface area (TPSA) is 37.3 Å². The lowest BCUT2D eigenvalue weighted by molar-refractivity contribution is 0.410. The predicted octanol–water partition coefficient (Wildman–Crippen LogP) is 2.40. The Bertz CT molecular complexity index is 190. The lowest BCUT2D eigenvalue weighted by Gasteiger charge is -2.13. The van der Waals surface area contributed by atoms with Gasteiger partial charge in [0.1, 0.15) is 0 Å². The zero-order chi connectivity index (χ0) is 9.72. The van der Waals surface area contributed by atoms with E-state index in [2.05, 4.69) is 0 Å². The largest absolute Gasteiger partial charge is 0.306 e. The summed E-state index contributed by atoms with van der Waals surface area (Å²) in [5.74, 6) is -0.211. The van der Waals surface area contributed by atoms with Crippen molar-refractivity contribution in [3.8, 4) is 0 Å². The van der Waals surface area contributed by atoms with Gasteiger partial charge in [-0.05, 0) is 25.3 Å². The van der Waals surface area contributed by atoms with Crippen LogP contribution in [-0.2, 0) is 11.1 Å². The summed E-state index contributed by atoms with van der Waals surface area (Å²) in [4.78, 5) is 0. The normalized spacial score (nSPS) is 18.1. The number of halogens is 2. The van der Waals surface area contributed by atoms with Crippen LogP contribution >= 0.6 is 0 Å². The van der Waals surface area contributed by atoms with Crippen molar-refractivity contribution in [2.75, 3.05) is 0 Å². The molecule has 12 heavy (non-hydrogen) atoms. The van der Waals surface area contributed by atoms with E-state index in [4.69, 9.17) is 4.55 Å². The Hall–Kier alpha value is -0.290. The summed E-state index contributed by atoms with van der Waals surface area (Å²) in [6.45, 7) is 3.23. The third-order valence-electron chi connectivity index (χ3n) is 1.76. The minimum Gasteiger partial charge on any atom is -0.306 e. The van der Waals surface area contributed by atoms with Crippen LogP contribution in [0.2, 0.25) is 0 Å². The first-order valence-corrected chi connectivity index (χ1v) is 4.73. The van der Waals surface area contributed by atoms with Gasteiger partial charge in [-0.3, -0.25) is 0 Å². The molecule has 72 valence electrons. The van der Waals surface area contributed by atoms with E-state index in [9.17, 15) is 13.0 Å². The summed E-state index contributed by atoms with van der Waals surface area (Å²) in [5, 5.41) is -0.472. The predicted molar refractivity (Wildman–Crippen MR) is 44.3 cm³/mol. The molecule has 0 heterocycles. The SMILES string of the molecule is C[C@H]([C@@H](C)CC=C(F)F)S(=O)O. The second kappa shape index (κ2) is 5.37. The summed E-state index contributed by atoms with van der Waals surface area (Å²) in [5.41, 5.74) is 0. The van der Waals surface area contributed by atoms with Crippen molar-refractivity contribution in [2.45, 2.75) is 25.5 Å². The number of allylic oxidation sites excluding steroid dienone is 1. The number of hydrogen-bond donors (Lipinski definition) is 1. The average Bonchev–Trinajstić information content (AvgIpc) is 1.98. The molecule has 0 aromatic carbocycles. The van der Waals surface area contributed by atoms with Gasteiger partial charge in [0.2, 0.25) is 0 Å². The third-order valence-corrected chi connectivity index (χ3v) is 2.86. The maximum absolute atomic E-state index is 11.6. The molecule has 5 heteroatoms. The Morgan fingerprint density at radius 2 is 2.08 bits per heavy atom. The Morgan fingerprint density at radius 3 is 2.42 bits per heavy atom. The summed E-state index contributed by atoms with van der Waals surface area (Å²) < 4.78 is 42.3. The molecule has 1 N–H and O–H groups in total. The van der Waals surface area contributed by atoms with E-state index in [0.717, 1.165) is 6.08 Å². The molecule has 0 aliphatic carbocycles. The van der Waals surface area contributed by atoms with Crippen molar-refractivity contribution in [3.05, 3.63) is 12.2 Å². The molecule has 2 nitrogen and oxygen atoms in total. The van der Waals surface area contributed by atoms with Gasteiger partial charge in [0.15, 0.2) is 11.1 Å². The fourth-order valence-corrected chi connectivity index (χ4v) is 1.17. The molecule has 0 radical (unpaired) electrons. The third kappa shape index (κ3) is 4.56. The van der Waals surface area contributed by atoms with E-state index >= 15 is 0 Å². The average molecular weight is 198 g/mol. The monoisotopic (exact) mass is 198 g/mol. The summed E-state index contributed by atoms with van der Waals surface area (Å²) >= 11 is -1.93. The van der Waals surface area contributed by atoms with Crippen molar-refractivity contribution in [3.63, 3.8) is 0 Å². The van der Waals surface area contributed by atoms with E-state index in [0.29, 0.717) is 0 Å². The highest BCUT2D eigenvalue weighted by molar-refractivity contribution is 7.79. The van der Waals surface area contributed by atoms with Crippen LogP contribution < -0.4 is 0 Å². The molecule has 0 aliphatic heterocycles. The molecule has 0 aromatic rings. The zero-order valence-corrected chi connectivity index (χ0v) is 7.78. The fourth-order valence-electron chi connectivity index (χ4n) is 0.665. The Balaban J connectivity index is 3.95. The molecule has 0 rings (SSSR count). The molecular formula is C7H12F2O2S. The van der Waals surface area contributed by atoms with Crippen molar-refractivity contribution >= 4 is 11.1 Å². The Labute approximate surface area is 72.9 Å². The maximum atomic E-state index is 11.6. The van der Waals surface area contributed by atoms with Gasteiger partial charge >= 0.3 is 0 Å². The highest BCUT2D eigenvalue weighted by Crippen LogP contribution is 2.14. The van der Waals surface area contributed by atoms with Crippen molar-refractivity contribution in [1.29, 1.82) is 0 Å². The molecule has 0 fully saturated rings. The van der Waals surface area contributed by atoms with E-state index in [1.54, 1.807) is 13.8 Å². The minimum atomic E-state index is -1.93. The fraction of sp³-hybridized carbons (Fsp3) is 0.714. The minimum absolute atomic E-state index is 0.135. The van der Waals surface area contributed by atoms with Gasteiger partial charge in [-0.2, -0.15) is 8.78 Å². The van der Waals surface area contributed by atoms with E-state index in [1.807, 2.05) is 0 Å². The summed E-state index contributed by atoms with van der Waals surface area (Å²) in [6.07, 6.45) is -0.832. The van der Waals surface area contributed by atoms with E-state index in [-0.39, 0.29) is 12.3 Å². The van der Waals surface area contributed by atoms with Crippen LogP contribution in [0, 0.1) is 5.92 Å². The van der Waals surface area contributed by atoms with E-state index < -0.39 is 22.4 Å². The van der Waals surface area contributed by atoms with Gasteiger partial charge in [0.25, 0.3) is 6.08 Å². The van der Waals surface area contributed by atoms with Crippen LogP contribution in [0.4, 0.5) is 8.78 Å². The lowest BCUT2D eigenvalue weighted by atomic mass is 10.1. The summed E-state index contributed by atoms with van der Waals surface area (Å²) in [6, 6.07) is 0. The Morgan fingerprint density at radius 1 is 1.58 bits per heavy atom. The van der Waals surface area contributed by atoms with Gasteiger partial charge < -0.3 is 4.55 Å².